The summed E-state index contributed by atoms with van der Waals surface area (Å²) in [7, 11) is 0. The molecule has 98 valence electrons. The van der Waals surface area contributed by atoms with Crippen LogP contribution in [0.2, 0.25) is 0 Å². The summed E-state index contributed by atoms with van der Waals surface area (Å²) in [4.78, 5) is 13.9. The lowest BCUT2D eigenvalue weighted by atomic mass is 10.1. The zero-order chi connectivity index (χ0) is 13.0. The fourth-order valence-electron chi connectivity index (χ4n) is 2.06. The second kappa shape index (κ2) is 5.84. The molecule has 0 aliphatic carbocycles. The SMILES string of the molecule is NC1CCN(CC(=O)Nc2ccc(O)cc2)CC1. The summed E-state index contributed by atoms with van der Waals surface area (Å²) in [5.74, 6) is 0.161. The molecule has 0 aromatic heterocycles. The van der Waals surface area contributed by atoms with E-state index >= 15 is 0 Å². The van der Waals surface area contributed by atoms with Crippen LogP contribution in [0.1, 0.15) is 12.8 Å². The van der Waals surface area contributed by atoms with Gasteiger partial charge in [-0.05, 0) is 37.1 Å². The summed E-state index contributed by atoms with van der Waals surface area (Å²) in [5, 5.41) is 11.9. The number of phenols is 1. The molecule has 1 aliphatic heterocycles. The third kappa shape index (κ3) is 3.72. The number of nitrogens with zero attached hydrogens (tertiary/aromatic N) is 1. The third-order valence-electron chi connectivity index (χ3n) is 3.15. The summed E-state index contributed by atoms with van der Waals surface area (Å²) < 4.78 is 0. The van der Waals surface area contributed by atoms with Gasteiger partial charge in [0.1, 0.15) is 5.75 Å². The number of nitrogens with one attached hydrogen (secondary N) is 1. The van der Waals surface area contributed by atoms with E-state index in [9.17, 15) is 4.79 Å². The van der Waals surface area contributed by atoms with Crippen molar-refractivity contribution < 1.29 is 9.90 Å². The number of piperidine rings is 1. The van der Waals surface area contributed by atoms with Crippen molar-refractivity contribution >= 4 is 11.6 Å². The van der Waals surface area contributed by atoms with Gasteiger partial charge < -0.3 is 16.2 Å². The minimum atomic E-state index is -0.0313. The molecule has 0 saturated carbocycles. The van der Waals surface area contributed by atoms with Crippen molar-refractivity contribution in [3.63, 3.8) is 0 Å². The van der Waals surface area contributed by atoms with E-state index in [1.54, 1.807) is 24.3 Å². The Morgan fingerprint density at radius 3 is 2.56 bits per heavy atom. The Kier molecular flexibility index (Phi) is 4.17. The molecule has 4 N–H and O–H groups in total. The van der Waals surface area contributed by atoms with Crippen LogP contribution in [0, 0.1) is 0 Å². The average Bonchev–Trinajstić information content (AvgIpc) is 2.35. The van der Waals surface area contributed by atoms with Crippen LogP contribution >= 0.6 is 0 Å². The van der Waals surface area contributed by atoms with E-state index in [1.807, 2.05) is 0 Å². The average molecular weight is 249 g/mol. The van der Waals surface area contributed by atoms with Gasteiger partial charge in [-0.3, -0.25) is 9.69 Å². The van der Waals surface area contributed by atoms with Crippen molar-refractivity contribution in [2.75, 3.05) is 25.0 Å². The molecule has 5 nitrogen and oxygen atoms in total. The van der Waals surface area contributed by atoms with E-state index in [0.29, 0.717) is 12.2 Å². The van der Waals surface area contributed by atoms with E-state index < -0.39 is 0 Å². The van der Waals surface area contributed by atoms with Crippen molar-refractivity contribution in [3.05, 3.63) is 24.3 Å². The first-order valence-corrected chi connectivity index (χ1v) is 6.20. The van der Waals surface area contributed by atoms with Crippen LogP contribution < -0.4 is 11.1 Å². The van der Waals surface area contributed by atoms with Crippen molar-refractivity contribution in [1.29, 1.82) is 0 Å². The van der Waals surface area contributed by atoms with Crippen LogP contribution in [0.5, 0.6) is 5.75 Å². The molecule has 1 aliphatic rings. The third-order valence-corrected chi connectivity index (χ3v) is 3.15. The number of likely N-dealkylation sites (tertiary alicyclic amines) is 1. The highest BCUT2D eigenvalue weighted by atomic mass is 16.3. The Balaban J connectivity index is 1.80. The molecule has 0 radical (unpaired) electrons. The van der Waals surface area contributed by atoms with Crippen LogP contribution in [-0.2, 0) is 4.79 Å². The van der Waals surface area contributed by atoms with Crippen molar-refractivity contribution in [2.24, 2.45) is 5.73 Å². The molecule has 0 atom stereocenters. The number of anilines is 1. The highest BCUT2D eigenvalue weighted by molar-refractivity contribution is 5.92. The van der Waals surface area contributed by atoms with Gasteiger partial charge in [0.15, 0.2) is 0 Å². The van der Waals surface area contributed by atoms with E-state index in [4.69, 9.17) is 10.8 Å². The first-order chi connectivity index (χ1) is 8.63. The lowest BCUT2D eigenvalue weighted by Gasteiger charge is -2.29. The van der Waals surface area contributed by atoms with Crippen LogP contribution in [0.4, 0.5) is 5.69 Å². The zero-order valence-electron chi connectivity index (χ0n) is 10.3. The Labute approximate surface area is 107 Å². The summed E-state index contributed by atoms with van der Waals surface area (Å²) >= 11 is 0. The molecule has 0 spiro atoms. The normalized spacial score (nSPS) is 17.6. The standard InChI is InChI=1S/C13H19N3O2/c14-10-5-7-16(8-6-10)9-13(18)15-11-1-3-12(17)4-2-11/h1-4,10,17H,5-9,14H2,(H,15,18). The van der Waals surface area contributed by atoms with Crippen LogP contribution in [0.15, 0.2) is 24.3 Å². The predicted octanol–water partition coefficient (Wildman–Crippen LogP) is 0.754. The topological polar surface area (TPSA) is 78.6 Å². The quantitative estimate of drug-likeness (QED) is 0.691. The summed E-state index contributed by atoms with van der Waals surface area (Å²) in [6, 6.07) is 6.74. The number of rotatable bonds is 3. The van der Waals surface area contributed by atoms with Crippen LogP contribution in [-0.4, -0.2) is 41.6 Å². The highest BCUT2D eigenvalue weighted by Gasteiger charge is 2.18. The summed E-state index contributed by atoms with van der Waals surface area (Å²) in [6.45, 7) is 2.15. The minimum absolute atomic E-state index is 0.0313. The number of amides is 1. The molecule has 0 unspecified atom stereocenters. The number of hydrogen-bond acceptors (Lipinski definition) is 4. The molecule has 18 heavy (non-hydrogen) atoms. The number of hydrogen-bond donors (Lipinski definition) is 3. The van der Waals surface area contributed by atoms with Gasteiger partial charge in [-0.15, -0.1) is 0 Å². The molecule has 1 heterocycles. The van der Waals surface area contributed by atoms with Crippen molar-refractivity contribution in [2.45, 2.75) is 18.9 Å². The number of aromatic hydroxyl groups is 1. The Morgan fingerprint density at radius 2 is 1.94 bits per heavy atom. The maximum absolute atomic E-state index is 11.8. The Morgan fingerprint density at radius 1 is 1.33 bits per heavy atom. The first kappa shape index (κ1) is 12.9. The molecule has 1 aromatic rings. The molecule has 1 fully saturated rings. The number of carbonyl (C=O) groups is 1. The summed E-state index contributed by atoms with van der Waals surface area (Å²) in [6.07, 6.45) is 1.90. The van der Waals surface area contributed by atoms with E-state index in [1.165, 1.54) is 0 Å². The lowest BCUT2D eigenvalue weighted by Crippen LogP contribution is -2.43. The maximum atomic E-state index is 11.8. The molecule has 5 heteroatoms. The van der Waals surface area contributed by atoms with Gasteiger partial charge >= 0.3 is 0 Å². The first-order valence-electron chi connectivity index (χ1n) is 6.20. The van der Waals surface area contributed by atoms with Gasteiger partial charge in [0.25, 0.3) is 0 Å². The molecule has 2 rings (SSSR count). The molecular weight excluding hydrogens is 230 g/mol. The van der Waals surface area contributed by atoms with Gasteiger partial charge in [0.05, 0.1) is 6.54 Å². The fraction of sp³-hybridized carbons (Fsp3) is 0.462. The maximum Gasteiger partial charge on any atom is 0.238 e. The van der Waals surface area contributed by atoms with Gasteiger partial charge in [-0.1, -0.05) is 0 Å². The second-order valence-electron chi connectivity index (χ2n) is 4.71. The van der Waals surface area contributed by atoms with Gasteiger partial charge in [-0.2, -0.15) is 0 Å². The number of benzene rings is 1. The van der Waals surface area contributed by atoms with Gasteiger partial charge in [-0.25, -0.2) is 0 Å². The monoisotopic (exact) mass is 249 g/mol. The van der Waals surface area contributed by atoms with Crippen LogP contribution in [0.3, 0.4) is 0 Å². The highest BCUT2D eigenvalue weighted by Crippen LogP contribution is 2.14. The molecule has 1 amide bonds. The van der Waals surface area contributed by atoms with Gasteiger partial charge in [0.2, 0.25) is 5.91 Å². The lowest BCUT2D eigenvalue weighted by molar-refractivity contribution is -0.117. The second-order valence-corrected chi connectivity index (χ2v) is 4.71. The van der Waals surface area contributed by atoms with Gasteiger partial charge in [0, 0.05) is 24.8 Å². The molecule has 1 saturated heterocycles. The van der Waals surface area contributed by atoms with E-state index in [-0.39, 0.29) is 17.7 Å². The smallest absolute Gasteiger partial charge is 0.238 e. The zero-order valence-corrected chi connectivity index (χ0v) is 10.3. The number of phenolic OH excluding ortho intramolecular Hbond substituents is 1. The predicted molar refractivity (Wildman–Crippen MR) is 70.4 cm³/mol. The van der Waals surface area contributed by atoms with Crippen LogP contribution in [0.25, 0.3) is 0 Å². The van der Waals surface area contributed by atoms with E-state index in [2.05, 4.69) is 10.2 Å². The van der Waals surface area contributed by atoms with Crippen molar-refractivity contribution in [1.82, 2.24) is 4.90 Å². The Hall–Kier alpha value is -1.59. The van der Waals surface area contributed by atoms with Crippen molar-refractivity contribution in [3.8, 4) is 5.75 Å². The minimum Gasteiger partial charge on any atom is -0.508 e. The fourth-order valence-corrected chi connectivity index (χ4v) is 2.06. The molecule has 0 bridgehead atoms. The molecular formula is C13H19N3O2. The largest absolute Gasteiger partial charge is 0.508 e. The number of carbonyl (C=O) groups excluding carboxylic acids is 1. The Bertz CT molecular complexity index is 397. The summed E-state index contributed by atoms with van der Waals surface area (Å²) in [5.41, 5.74) is 6.52. The molecule has 1 aromatic carbocycles. The van der Waals surface area contributed by atoms with E-state index in [0.717, 1.165) is 25.9 Å². The number of nitrogens with two attached hydrogens (primary N) is 1.